The molecule has 0 radical (unpaired) electrons. The number of nitrogens with one attached hydrogen (secondary N) is 1. The van der Waals surface area contributed by atoms with E-state index in [4.69, 9.17) is 0 Å². The summed E-state index contributed by atoms with van der Waals surface area (Å²) in [5, 5.41) is 1.82. The molecule has 0 saturated heterocycles. The zero-order valence-electron chi connectivity index (χ0n) is 12.7. The van der Waals surface area contributed by atoms with E-state index in [0.717, 1.165) is 19.3 Å². The highest BCUT2D eigenvalue weighted by atomic mass is 32.2. The Morgan fingerprint density at radius 2 is 2.13 bits per heavy atom. The molecule has 4 aliphatic carbocycles. The van der Waals surface area contributed by atoms with Gasteiger partial charge >= 0.3 is 0 Å². The second-order valence-corrected chi connectivity index (χ2v) is 9.95. The van der Waals surface area contributed by atoms with Crippen molar-refractivity contribution in [2.75, 3.05) is 0 Å². The molecular weight excluding hydrogens is 326 g/mol. The van der Waals surface area contributed by atoms with Crippen LogP contribution in [0.15, 0.2) is 57.2 Å². The van der Waals surface area contributed by atoms with Crippen LogP contribution in [0.1, 0.15) is 19.3 Å². The molecule has 5 rings (SSSR count). The number of hydrogen-bond donors (Lipinski definition) is 1. The van der Waals surface area contributed by atoms with Crippen molar-refractivity contribution in [1.82, 2.24) is 4.72 Å². The maximum atomic E-state index is 12.7. The molecule has 5 atom stereocenters. The van der Waals surface area contributed by atoms with Crippen LogP contribution in [0.3, 0.4) is 0 Å². The summed E-state index contributed by atoms with van der Waals surface area (Å²) < 4.78 is 28.9. The molecule has 0 aromatic carbocycles. The fourth-order valence-electron chi connectivity index (χ4n) is 4.96. The van der Waals surface area contributed by atoms with Crippen molar-refractivity contribution in [3.05, 3.63) is 53.0 Å². The molecule has 5 heteroatoms. The number of sulfonamides is 1. The van der Waals surface area contributed by atoms with Gasteiger partial charge in [0.2, 0.25) is 10.0 Å². The quantitative estimate of drug-likeness (QED) is 0.911. The Kier molecular flexibility index (Phi) is 3.03. The van der Waals surface area contributed by atoms with Gasteiger partial charge in [-0.15, -0.1) is 11.3 Å². The van der Waals surface area contributed by atoms with Gasteiger partial charge in [0.1, 0.15) is 4.21 Å². The molecule has 2 bridgehead atoms. The molecule has 1 N–H and O–H groups in total. The van der Waals surface area contributed by atoms with E-state index < -0.39 is 10.0 Å². The Morgan fingerprint density at radius 3 is 2.96 bits per heavy atom. The second kappa shape index (κ2) is 4.91. The molecule has 120 valence electrons. The third-order valence-corrected chi connectivity index (χ3v) is 8.79. The molecule has 1 aromatic heterocycles. The lowest BCUT2D eigenvalue weighted by Gasteiger charge is -2.25. The lowest BCUT2D eigenvalue weighted by atomic mass is 9.92. The monoisotopic (exact) mass is 345 g/mol. The lowest BCUT2D eigenvalue weighted by molar-refractivity contribution is 0.352. The summed E-state index contributed by atoms with van der Waals surface area (Å²) in [5.74, 6) is 2.02. The molecule has 4 aliphatic rings. The average molecular weight is 345 g/mol. The molecule has 3 nitrogen and oxygen atoms in total. The van der Waals surface area contributed by atoms with E-state index in [2.05, 4.69) is 29.0 Å². The molecular formula is C18H19NO2S2. The fraction of sp³-hybridized carbons (Fsp3) is 0.444. The van der Waals surface area contributed by atoms with Crippen LogP contribution < -0.4 is 4.72 Å². The van der Waals surface area contributed by atoms with Crippen molar-refractivity contribution in [2.45, 2.75) is 29.5 Å². The van der Waals surface area contributed by atoms with Gasteiger partial charge in [-0.2, -0.15) is 0 Å². The molecule has 0 amide bonds. The highest BCUT2D eigenvalue weighted by Crippen LogP contribution is 2.62. The van der Waals surface area contributed by atoms with Gasteiger partial charge in [0.25, 0.3) is 0 Å². The molecule has 1 aromatic rings. The average Bonchev–Trinajstić information content (AvgIpc) is 2.84. The van der Waals surface area contributed by atoms with E-state index in [9.17, 15) is 8.42 Å². The van der Waals surface area contributed by atoms with Gasteiger partial charge in [0, 0.05) is 12.0 Å². The van der Waals surface area contributed by atoms with Gasteiger partial charge in [-0.25, -0.2) is 13.1 Å². The second-order valence-electron chi connectivity index (χ2n) is 7.06. The van der Waals surface area contributed by atoms with Crippen LogP contribution in [-0.4, -0.2) is 14.5 Å². The van der Waals surface area contributed by atoms with Crippen molar-refractivity contribution in [3.8, 4) is 0 Å². The summed E-state index contributed by atoms with van der Waals surface area (Å²) in [5.41, 5.74) is 3.06. The summed E-state index contributed by atoms with van der Waals surface area (Å²) >= 11 is 1.29. The smallest absolute Gasteiger partial charge is 0.207 e. The van der Waals surface area contributed by atoms with E-state index in [0.29, 0.717) is 27.9 Å². The SMILES string of the molecule is O=S(=O)(NC1C2CCC1C1C3=C(C=CC=CC31)C2)c1cccs1. The zero-order chi connectivity index (χ0) is 15.6. The Bertz CT molecular complexity index is 832. The van der Waals surface area contributed by atoms with Crippen LogP contribution in [0.2, 0.25) is 0 Å². The fourth-order valence-corrected chi connectivity index (χ4v) is 7.32. The minimum atomic E-state index is -3.38. The number of allylic oxidation sites excluding steroid dienone is 6. The first-order valence-electron chi connectivity index (χ1n) is 8.29. The Hall–Kier alpha value is -1.17. The number of thiophene rings is 1. The standard InChI is InChI=1S/C18H19NO2S2/c20-23(21,15-6-3-9-22-15)19-18-12-7-8-14(18)17-13-5-2-1-4-11(10-12)16(13)17/h1-6,9,12-14,17-19H,7-8,10H2. The molecule has 0 spiro atoms. The summed E-state index contributed by atoms with van der Waals surface area (Å²) in [6.45, 7) is 0. The predicted molar refractivity (Wildman–Crippen MR) is 91.5 cm³/mol. The third-order valence-electron chi connectivity index (χ3n) is 5.93. The molecule has 1 heterocycles. The van der Waals surface area contributed by atoms with Crippen LogP contribution in [0, 0.1) is 23.7 Å². The maximum Gasteiger partial charge on any atom is 0.250 e. The van der Waals surface area contributed by atoms with Gasteiger partial charge < -0.3 is 0 Å². The molecule has 0 aliphatic heterocycles. The topological polar surface area (TPSA) is 46.2 Å². The normalized spacial score (nSPS) is 37.5. The van der Waals surface area contributed by atoms with Gasteiger partial charge in [-0.3, -0.25) is 0 Å². The van der Waals surface area contributed by atoms with Crippen molar-refractivity contribution >= 4 is 21.4 Å². The van der Waals surface area contributed by atoms with Gasteiger partial charge in [0.05, 0.1) is 0 Å². The highest BCUT2D eigenvalue weighted by molar-refractivity contribution is 7.91. The molecule has 23 heavy (non-hydrogen) atoms. The first-order chi connectivity index (χ1) is 11.1. The van der Waals surface area contributed by atoms with E-state index in [1.807, 2.05) is 5.38 Å². The van der Waals surface area contributed by atoms with Crippen LogP contribution in [-0.2, 0) is 10.0 Å². The van der Waals surface area contributed by atoms with Crippen molar-refractivity contribution in [3.63, 3.8) is 0 Å². The molecule has 5 unspecified atom stereocenters. The zero-order valence-corrected chi connectivity index (χ0v) is 14.3. The van der Waals surface area contributed by atoms with Gasteiger partial charge in [0.15, 0.2) is 0 Å². The summed E-state index contributed by atoms with van der Waals surface area (Å²) in [6, 6.07) is 3.58. The number of hydrogen-bond acceptors (Lipinski definition) is 3. The van der Waals surface area contributed by atoms with E-state index in [1.54, 1.807) is 17.7 Å². The maximum absolute atomic E-state index is 12.7. The predicted octanol–water partition coefficient (Wildman–Crippen LogP) is 3.49. The Morgan fingerprint density at radius 1 is 1.22 bits per heavy atom. The minimum absolute atomic E-state index is 0.0875. The van der Waals surface area contributed by atoms with Crippen molar-refractivity contribution < 1.29 is 8.42 Å². The lowest BCUT2D eigenvalue weighted by Crippen LogP contribution is -2.41. The summed E-state index contributed by atoms with van der Waals surface area (Å²) in [4.78, 5) is 0. The van der Waals surface area contributed by atoms with Crippen LogP contribution >= 0.6 is 11.3 Å². The highest BCUT2D eigenvalue weighted by Gasteiger charge is 2.57. The minimum Gasteiger partial charge on any atom is -0.207 e. The van der Waals surface area contributed by atoms with Crippen LogP contribution in [0.25, 0.3) is 0 Å². The van der Waals surface area contributed by atoms with Crippen LogP contribution in [0.5, 0.6) is 0 Å². The van der Waals surface area contributed by atoms with E-state index >= 15 is 0 Å². The Balaban J connectivity index is 1.48. The van der Waals surface area contributed by atoms with Crippen LogP contribution in [0.4, 0.5) is 0 Å². The molecule has 2 fully saturated rings. The van der Waals surface area contributed by atoms with Crippen molar-refractivity contribution in [2.24, 2.45) is 23.7 Å². The van der Waals surface area contributed by atoms with Gasteiger partial charge in [-0.1, -0.05) is 35.9 Å². The number of rotatable bonds is 3. The Labute approximate surface area is 140 Å². The summed E-state index contributed by atoms with van der Waals surface area (Å²) in [7, 11) is -3.38. The van der Waals surface area contributed by atoms with Gasteiger partial charge in [-0.05, 0) is 54.0 Å². The first-order valence-corrected chi connectivity index (χ1v) is 10.6. The number of fused-ring (bicyclic) bond motifs is 4. The first kappa shape index (κ1) is 14.2. The summed E-state index contributed by atoms with van der Waals surface area (Å²) in [6.07, 6.45) is 12.1. The largest absolute Gasteiger partial charge is 0.250 e. The third kappa shape index (κ3) is 2.13. The van der Waals surface area contributed by atoms with E-state index in [1.165, 1.54) is 16.9 Å². The molecule has 2 saturated carbocycles. The van der Waals surface area contributed by atoms with E-state index in [-0.39, 0.29) is 6.04 Å². The van der Waals surface area contributed by atoms with Crippen molar-refractivity contribution in [1.29, 1.82) is 0 Å².